The van der Waals surface area contributed by atoms with Gasteiger partial charge in [-0.1, -0.05) is 18.2 Å². The number of fused-ring (bicyclic) bond motifs is 1. The first-order valence-corrected chi connectivity index (χ1v) is 12.4. The lowest BCUT2D eigenvalue weighted by atomic mass is 10.1. The standard InChI is InChI=1S/C23H20N2O5S2/c26-23(22-21(9-14-31-22)32(27,28)25-10-12-29-13-11-25)24-18-7-5-16(6-8-18)20-15-17-3-1-2-4-19(17)30-20/h1-9,14-15H,10-13H2,(H,24,26). The molecule has 5 rings (SSSR count). The van der Waals surface area contributed by atoms with E-state index in [1.54, 1.807) is 17.5 Å². The number of rotatable bonds is 5. The number of nitrogens with one attached hydrogen (secondary N) is 1. The second-order valence-corrected chi connectivity index (χ2v) is 10.1. The summed E-state index contributed by atoms with van der Waals surface area (Å²) in [5.74, 6) is 0.282. The molecule has 164 valence electrons. The average molecular weight is 469 g/mol. The van der Waals surface area contributed by atoms with Crippen LogP contribution in [-0.4, -0.2) is 44.9 Å². The van der Waals surface area contributed by atoms with Crippen LogP contribution in [0.1, 0.15) is 9.67 Å². The molecule has 1 fully saturated rings. The van der Waals surface area contributed by atoms with Gasteiger partial charge in [-0.2, -0.15) is 4.31 Å². The van der Waals surface area contributed by atoms with E-state index in [4.69, 9.17) is 9.15 Å². The molecular formula is C23H20N2O5S2. The first-order chi connectivity index (χ1) is 15.5. The fraction of sp³-hybridized carbons (Fsp3) is 0.174. The number of sulfonamides is 1. The zero-order chi connectivity index (χ0) is 22.1. The van der Waals surface area contributed by atoms with Crippen LogP contribution >= 0.6 is 11.3 Å². The van der Waals surface area contributed by atoms with E-state index in [9.17, 15) is 13.2 Å². The third-order valence-corrected chi connectivity index (χ3v) is 8.26. The fourth-order valence-corrected chi connectivity index (χ4v) is 6.33. The number of para-hydroxylation sites is 1. The predicted molar refractivity (Wildman–Crippen MR) is 124 cm³/mol. The Hall–Kier alpha value is -2.98. The quantitative estimate of drug-likeness (QED) is 0.468. The SMILES string of the molecule is O=C(Nc1ccc(-c2cc3ccccc3o2)cc1)c1sccc1S(=O)(=O)N1CCOCC1. The van der Waals surface area contributed by atoms with Gasteiger partial charge in [0, 0.05) is 29.7 Å². The van der Waals surface area contributed by atoms with Crippen molar-refractivity contribution in [2.24, 2.45) is 0 Å². The Bertz CT molecular complexity index is 1330. The number of amides is 1. The van der Waals surface area contributed by atoms with E-state index in [2.05, 4.69) is 5.32 Å². The van der Waals surface area contributed by atoms with Crippen molar-refractivity contribution in [3.8, 4) is 11.3 Å². The molecule has 32 heavy (non-hydrogen) atoms. The maximum Gasteiger partial charge on any atom is 0.267 e. The molecule has 0 spiro atoms. The number of ether oxygens (including phenoxy) is 1. The summed E-state index contributed by atoms with van der Waals surface area (Å²) in [5.41, 5.74) is 2.26. The minimum Gasteiger partial charge on any atom is -0.456 e. The van der Waals surface area contributed by atoms with E-state index < -0.39 is 15.9 Å². The molecule has 7 nitrogen and oxygen atoms in total. The summed E-state index contributed by atoms with van der Waals surface area (Å²) in [6.45, 7) is 1.26. The highest BCUT2D eigenvalue weighted by atomic mass is 32.2. The lowest BCUT2D eigenvalue weighted by Gasteiger charge is -2.26. The second-order valence-electron chi connectivity index (χ2n) is 7.31. The van der Waals surface area contributed by atoms with Crippen LogP contribution in [0.5, 0.6) is 0 Å². The van der Waals surface area contributed by atoms with Gasteiger partial charge in [0.05, 0.1) is 13.2 Å². The number of anilines is 1. The van der Waals surface area contributed by atoms with Crippen molar-refractivity contribution in [1.29, 1.82) is 0 Å². The Labute approximate surface area is 189 Å². The molecule has 0 bridgehead atoms. The Morgan fingerprint density at radius 1 is 1.00 bits per heavy atom. The molecule has 3 heterocycles. The molecule has 2 aromatic carbocycles. The monoisotopic (exact) mass is 468 g/mol. The van der Waals surface area contributed by atoms with Crippen molar-refractivity contribution in [2.75, 3.05) is 31.6 Å². The zero-order valence-electron chi connectivity index (χ0n) is 17.0. The van der Waals surface area contributed by atoms with Crippen molar-refractivity contribution in [3.05, 3.63) is 70.9 Å². The highest BCUT2D eigenvalue weighted by Gasteiger charge is 2.31. The number of nitrogens with zero attached hydrogens (tertiary/aromatic N) is 1. The summed E-state index contributed by atoms with van der Waals surface area (Å²) in [6, 6.07) is 18.5. The smallest absolute Gasteiger partial charge is 0.267 e. The molecule has 0 aliphatic carbocycles. The van der Waals surface area contributed by atoms with Gasteiger partial charge in [-0.3, -0.25) is 4.79 Å². The highest BCUT2D eigenvalue weighted by molar-refractivity contribution is 7.89. The third kappa shape index (κ3) is 3.95. The molecule has 9 heteroatoms. The number of benzene rings is 2. The van der Waals surface area contributed by atoms with Crippen LogP contribution in [0.2, 0.25) is 0 Å². The van der Waals surface area contributed by atoms with Crippen LogP contribution in [0, 0.1) is 0 Å². The van der Waals surface area contributed by atoms with Crippen molar-refractivity contribution >= 4 is 43.9 Å². The minimum atomic E-state index is -3.75. The molecule has 1 aliphatic rings. The second kappa shape index (κ2) is 8.51. The number of morpholine rings is 1. The molecule has 1 aliphatic heterocycles. The summed E-state index contributed by atoms with van der Waals surface area (Å²) in [7, 11) is -3.75. The molecule has 0 unspecified atom stereocenters. The van der Waals surface area contributed by atoms with Crippen LogP contribution in [0.15, 0.2) is 75.4 Å². The Morgan fingerprint density at radius 2 is 1.75 bits per heavy atom. The third-order valence-electron chi connectivity index (χ3n) is 5.28. The molecule has 2 aromatic heterocycles. The average Bonchev–Trinajstić information content (AvgIpc) is 3.48. The van der Waals surface area contributed by atoms with E-state index in [0.717, 1.165) is 33.6 Å². The molecule has 1 amide bonds. The van der Waals surface area contributed by atoms with Gasteiger partial charge in [0.25, 0.3) is 5.91 Å². The van der Waals surface area contributed by atoms with Crippen LogP contribution in [0.4, 0.5) is 5.69 Å². The van der Waals surface area contributed by atoms with Gasteiger partial charge in [0.1, 0.15) is 21.1 Å². The van der Waals surface area contributed by atoms with Crippen molar-refractivity contribution in [3.63, 3.8) is 0 Å². The van der Waals surface area contributed by atoms with Crippen molar-refractivity contribution in [1.82, 2.24) is 4.31 Å². The van der Waals surface area contributed by atoms with Crippen LogP contribution < -0.4 is 5.32 Å². The van der Waals surface area contributed by atoms with Gasteiger partial charge in [-0.25, -0.2) is 8.42 Å². The van der Waals surface area contributed by atoms with E-state index in [0.29, 0.717) is 18.9 Å². The maximum atomic E-state index is 13.0. The lowest BCUT2D eigenvalue weighted by Crippen LogP contribution is -2.41. The lowest BCUT2D eigenvalue weighted by molar-refractivity contribution is 0.0730. The van der Waals surface area contributed by atoms with Gasteiger partial charge >= 0.3 is 0 Å². The molecule has 4 aromatic rings. The zero-order valence-corrected chi connectivity index (χ0v) is 18.6. The Balaban J connectivity index is 1.34. The van der Waals surface area contributed by atoms with Crippen LogP contribution in [0.25, 0.3) is 22.3 Å². The van der Waals surface area contributed by atoms with E-state index in [1.165, 1.54) is 10.4 Å². The maximum absolute atomic E-state index is 13.0. The van der Waals surface area contributed by atoms with E-state index in [-0.39, 0.29) is 22.9 Å². The molecule has 0 atom stereocenters. The van der Waals surface area contributed by atoms with E-state index >= 15 is 0 Å². The summed E-state index contributed by atoms with van der Waals surface area (Å²) in [4.78, 5) is 13.1. The van der Waals surface area contributed by atoms with Gasteiger partial charge < -0.3 is 14.5 Å². The largest absolute Gasteiger partial charge is 0.456 e. The number of hydrogen-bond donors (Lipinski definition) is 1. The number of hydrogen-bond acceptors (Lipinski definition) is 6. The molecule has 0 radical (unpaired) electrons. The minimum absolute atomic E-state index is 0.0285. The molecule has 1 N–H and O–H groups in total. The summed E-state index contributed by atoms with van der Waals surface area (Å²) >= 11 is 1.11. The number of furan rings is 1. The molecule has 0 saturated carbocycles. The number of carbonyl (C=O) groups excluding carboxylic acids is 1. The molecular weight excluding hydrogens is 448 g/mol. The van der Waals surface area contributed by atoms with Crippen molar-refractivity contribution < 1.29 is 22.4 Å². The first kappa shape index (κ1) is 20.9. The van der Waals surface area contributed by atoms with Crippen molar-refractivity contribution in [2.45, 2.75) is 4.90 Å². The number of thiophene rings is 1. The predicted octanol–water partition coefficient (Wildman–Crippen LogP) is 4.43. The Kier molecular flexibility index (Phi) is 5.56. The highest BCUT2D eigenvalue weighted by Crippen LogP contribution is 2.30. The topological polar surface area (TPSA) is 88.8 Å². The van der Waals surface area contributed by atoms with Gasteiger partial charge in [-0.15, -0.1) is 11.3 Å². The number of carbonyl (C=O) groups is 1. The van der Waals surface area contributed by atoms with Crippen LogP contribution in [-0.2, 0) is 14.8 Å². The van der Waals surface area contributed by atoms with Gasteiger partial charge in [-0.05, 0) is 47.8 Å². The first-order valence-electron chi connectivity index (χ1n) is 10.1. The molecule has 1 saturated heterocycles. The van der Waals surface area contributed by atoms with Crippen LogP contribution in [0.3, 0.4) is 0 Å². The van der Waals surface area contributed by atoms with E-state index in [1.807, 2.05) is 42.5 Å². The normalized spacial score (nSPS) is 15.1. The summed E-state index contributed by atoms with van der Waals surface area (Å²) in [5, 5.41) is 5.44. The Morgan fingerprint density at radius 3 is 2.50 bits per heavy atom. The van der Waals surface area contributed by atoms with Gasteiger partial charge in [0.15, 0.2) is 0 Å². The summed E-state index contributed by atoms with van der Waals surface area (Å²) in [6.07, 6.45) is 0. The fourth-order valence-electron chi connectivity index (χ4n) is 3.62. The van der Waals surface area contributed by atoms with Gasteiger partial charge in [0.2, 0.25) is 10.0 Å². The summed E-state index contributed by atoms with van der Waals surface area (Å²) < 4.78 is 38.5.